The number of sulfone groups is 1. The zero-order valence-electron chi connectivity index (χ0n) is 23.4. The molecular formula is C29H32N8O4S. The van der Waals surface area contributed by atoms with Crippen molar-refractivity contribution in [1.29, 1.82) is 0 Å². The summed E-state index contributed by atoms with van der Waals surface area (Å²) in [5.74, 6) is 1.46. The molecule has 4 aromatic rings. The van der Waals surface area contributed by atoms with Crippen LogP contribution in [0.25, 0.3) is 22.6 Å². The molecule has 0 radical (unpaired) electrons. The molecule has 42 heavy (non-hydrogen) atoms. The van der Waals surface area contributed by atoms with Crippen LogP contribution in [0.4, 0.5) is 5.82 Å². The summed E-state index contributed by atoms with van der Waals surface area (Å²) in [6.45, 7) is 2.80. The summed E-state index contributed by atoms with van der Waals surface area (Å²) < 4.78 is 31.8. The molecule has 3 fully saturated rings. The van der Waals surface area contributed by atoms with Gasteiger partial charge in [0, 0.05) is 24.6 Å². The summed E-state index contributed by atoms with van der Waals surface area (Å²) in [7, 11) is -3.34. The van der Waals surface area contributed by atoms with Crippen LogP contribution in [-0.4, -0.2) is 61.4 Å². The van der Waals surface area contributed by atoms with Crippen molar-refractivity contribution in [2.24, 2.45) is 0 Å². The molecule has 13 heteroatoms. The minimum atomic E-state index is -3.34. The molecule has 1 saturated heterocycles. The van der Waals surface area contributed by atoms with Gasteiger partial charge in [-0.3, -0.25) is 14.3 Å². The quantitative estimate of drug-likeness (QED) is 0.290. The summed E-state index contributed by atoms with van der Waals surface area (Å²) in [6, 6.07) is 3.16. The molecule has 5 heterocycles. The molecule has 218 valence electrons. The summed E-state index contributed by atoms with van der Waals surface area (Å²) in [5.41, 5.74) is 4.09. The number of hydrogen-bond donors (Lipinski definition) is 1. The van der Waals surface area contributed by atoms with Crippen molar-refractivity contribution in [3.63, 3.8) is 0 Å². The summed E-state index contributed by atoms with van der Waals surface area (Å²) in [5, 5.41) is 3.10. The second-order valence-electron chi connectivity index (χ2n) is 11.2. The Morgan fingerprint density at radius 3 is 2.36 bits per heavy atom. The molecule has 0 aromatic carbocycles. The highest BCUT2D eigenvalue weighted by Gasteiger charge is 2.35. The van der Waals surface area contributed by atoms with E-state index in [9.17, 15) is 13.2 Å². The van der Waals surface area contributed by atoms with Crippen LogP contribution >= 0.6 is 0 Å². The molecule has 2 saturated carbocycles. The normalized spacial score (nSPS) is 18.9. The lowest BCUT2D eigenvalue weighted by Gasteiger charge is -2.17. The average Bonchev–Trinajstić information content (AvgIpc) is 3.96. The van der Waals surface area contributed by atoms with Gasteiger partial charge < -0.3 is 10.1 Å². The third-order valence-electron chi connectivity index (χ3n) is 8.13. The minimum Gasteiger partial charge on any atom is -0.376 e. The summed E-state index contributed by atoms with van der Waals surface area (Å²) in [6.07, 6.45) is 10.7. The van der Waals surface area contributed by atoms with Crippen molar-refractivity contribution in [3.05, 3.63) is 58.3 Å². The first-order chi connectivity index (χ1) is 20.4. The molecular weight excluding hydrogens is 556 g/mol. The molecule has 1 atom stereocenters. The zero-order valence-corrected chi connectivity index (χ0v) is 24.2. The van der Waals surface area contributed by atoms with E-state index in [2.05, 4.69) is 25.3 Å². The number of ether oxygens (including phenoxy) is 1. The SMILES string of the molecule is CCS(=O)(=O)c1ccc(CNc2nc3cnc(-c4c(C5CC5)ncnc4C4CC4)nc3n(CC3CCCO3)c2=O)nc1. The molecule has 1 unspecified atom stereocenters. The Hall–Kier alpha value is -3.84. The lowest BCUT2D eigenvalue weighted by atomic mass is 10.0. The fourth-order valence-corrected chi connectivity index (χ4v) is 6.27. The van der Waals surface area contributed by atoms with Gasteiger partial charge in [-0.05, 0) is 50.7 Å². The highest BCUT2D eigenvalue weighted by atomic mass is 32.2. The Balaban J connectivity index is 1.26. The van der Waals surface area contributed by atoms with Gasteiger partial charge in [-0.2, -0.15) is 0 Å². The fraction of sp³-hybridized carbons (Fsp3) is 0.483. The Bertz CT molecular complexity index is 1780. The molecule has 3 aliphatic rings. The van der Waals surface area contributed by atoms with Gasteiger partial charge in [0.1, 0.15) is 11.8 Å². The predicted molar refractivity (Wildman–Crippen MR) is 155 cm³/mol. The van der Waals surface area contributed by atoms with Gasteiger partial charge in [-0.25, -0.2) is 33.3 Å². The van der Waals surface area contributed by atoms with Crippen LogP contribution in [0, 0.1) is 0 Å². The van der Waals surface area contributed by atoms with Gasteiger partial charge in [-0.15, -0.1) is 0 Å². The van der Waals surface area contributed by atoms with Crippen LogP contribution in [0.2, 0.25) is 0 Å². The lowest BCUT2D eigenvalue weighted by Crippen LogP contribution is -2.30. The Morgan fingerprint density at radius 1 is 0.976 bits per heavy atom. The number of pyridine rings is 1. The molecule has 0 bridgehead atoms. The molecule has 4 aromatic heterocycles. The Kier molecular flexibility index (Phi) is 6.93. The van der Waals surface area contributed by atoms with E-state index < -0.39 is 9.84 Å². The standard InChI is InChI=1S/C29H32N8O4S/c1-2-42(39,40)21-10-9-19(30-13-21)12-31-27-29(38)37(15-20-4-3-11-41-20)28-22(35-27)14-32-26(36-28)23-24(17-5-6-17)33-16-34-25(23)18-7-8-18/h9-10,13-14,16-18,20H,2-8,11-12,15H2,1H3,(H,31,35). The molecule has 1 N–H and O–H groups in total. The Labute approximate surface area is 243 Å². The third-order valence-corrected chi connectivity index (χ3v) is 9.85. The lowest BCUT2D eigenvalue weighted by molar-refractivity contribution is 0.0971. The second-order valence-corrected chi connectivity index (χ2v) is 13.5. The first-order valence-corrected chi connectivity index (χ1v) is 16.2. The summed E-state index contributed by atoms with van der Waals surface area (Å²) in [4.78, 5) is 41.8. The monoisotopic (exact) mass is 588 g/mol. The average molecular weight is 589 g/mol. The highest BCUT2D eigenvalue weighted by molar-refractivity contribution is 7.91. The number of fused-ring (bicyclic) bond motifs is 1. The van der Waals surface area contributed by atoms with E-state index in [-0.39, 0.29) is 34.7 Å². The number of nitrogens with zero attached hydrogens (tertiary/aromatic N) is 7. The van der Waals surface area contributed by atoms with Crippen LogP contribution in [0.1, 0.15) is 74.4 Å². The van der Waals surface area contributed by atoms with E-state index >= 15 is 0 Å². The largest absolute Gasteiger partial charge is 0.376 e. The van der Waals surface area contributed by atoms with Gasteiger partial charge in [0.2, 0.25) is 0 Å². The van der Waals surface area contributed by atoms with Crippen molar-refractivity contribution in [3.8, 4) is 11.4 Å². The van der Waals surface area contributed by atoms with Crippen LogP contribution in [0.5, 0.6) is 0 Å². The van der Waals surface area contributed by atoms with E-state index in [0.717, 1.165) is 55.5 Å². The molecule has 1 aliphatic heterocycles. The van der Waals surface area contributed by atoms with Gasteiger partial charge in [-0.1, -0.05) is 6.92 Å². The Morgan fingerprint density at radius 2 is 1.74 bits per heavy atom. The predicted octanol–water partition coefficient (Wildman–Crippen LogP) is 3.38. The van der Waals surface area contributed by atoms with Gasteiger partial charge >= 0.3 is 0 Å². The number of nitrogens with one attached hydrogen (secondary N) is 1. The fourth-order valence-electron chi connectivity index (χ4n) is 5.45. The number of anilines is 1. The van der Waals surface area contributed by atoms with E-state index in [1.807, 2.05) is 0 Å². The highest BCUT2D eigenvalue weighted by Crippen LogP contribution is 2.48. The first-order valence-electron chi connectivity index (χ1n) is 14.6. The van der Waals surface area contributed by atoms with Crippen molar-refractivity contribution in [1.82, 2.24) is 34.5 Å². The van der Waals surface area contributed by atoms with Crippen LogP contribution in [0.3, 0.4) is 0 Å². The number of hydrogen-bond acceptors (Lipinski definition) is 11. The van der Waals surface area contributed by atoms with E-state index in [4.69, 9.17) is 14.7 Å². The maximum Gasteiger partial charge on any atom is 0.295 e. The van der Waals surface area contributed by atoms with Crippen LogP contribution in [0.15, 0.2) is 40.5 Å². The topological polar surface area (TPSA) is 155 Å². The van der Waals surface area contributed by atoms with Gasteiger partial charge in [0.05, 0.1) is 58.7 Å². The minimum absolute atomic E-state index is 0.00239. The van der Waals surface area contributed by atoms with Crippen molar-refractivity contribution in [2.75, 3.05) is 17.7 Å². The van der Waals surface area contributed by atoms with Gasteiger partial charge in [0.15, 0.2) is 27.1 Å². The molecule has 12 nitrogen and oxygen atoms in total. The van der Waals surface area contributed by atoms with E-state index in [1.54, 1.807) is 30.1 Å². The smallest absolute Gasteiger partial charge is 0.295 e. The van der Waals surface area contributed by atoms with Crippen molar-refractivity contribution in [2.45, 2.75) is 81.4 Å². The van der Waals surface area contributed by atoms with Gasteiger partial charge in [0.25, 0.3) is 5.56 Å². The number of rotatable bonds is 10. The molecule has 7 rings (SSSR count). The first kappa shape index (κ1) is 27.0. The summed E-state index contributed by atoms with van der Waals surface area (Å²) >= 11 is 0. The maximum atomic E-state index is 13.8. The number of aromatic nitrogens is 7. The van der Waals surface area contributed by atoms with E-state index in [0.29, 0.717) is 47.7 Å². The van der Waals surface area contributed by atoms with Crippen molar-refractivity contribution < 1.29 is 13.2 Å². The van der Waals surface area contributed by atoms with Crippen LogP contribution < -0.4 is 10.9 Å². The zero-order chi connectivity index (χ0) is 28.8. The van der Waals surface area contributed by atoms with Crippen molar-refractivity contribution >= 4 is 26.8 Å². The molecule has 2 aliphatic carbocycles. The third kappa shape index (κ3) is 5.26. The molecule has 0 spiro atoms. The molecule has 0 amide bonds. The van der Waals surface area contributed by atoms with Crippen LogP contribution in [-0.2, 0) is 27.7 Å². The van der Waals surface area contributed by atoms with E-state index in [1.165, 1.54) is 12.3 Å². The maximum absolute atomic E-state index is 13.8. The second kappa shape index (κ2) is 10.8.